The number of hydrogen-bond donors (Lipinski definition) is 3. The summed E-state index contributed by atoms with van der Waals surface area (Å²) in [6, 6.07) is 21.7. The number of hydrogen-bond acceptors (Lipinski definition) is 4. The van der Waals surface area contributed by atoms with Gasteiger partial charge < -0.3 is 21.3 Å². The highest BCUT2D eigenvalue weighted by molar-refractivity contribution is 6.38. The minimum atomic E-state index is -0.602. The van der Waals surface area contributed by atoms with E-state index in [-0.39, 0.29) is 18.4 Å². The minimum Gasteiger partial charge on any atom is -0.368 e. The summed E-state index contributed by atoms with van der Waals surface area (Å²) in [5, 5.41) is 6.75. The summed E-state index contributed by atoms with van der Waals surface area (Å²) in [6.07, 6.45) is 0. The number of anilines is 3. The van der Waals surface area contributed by atoms with Gasteiger partial charge in [-0.15, -0.1) is 0 Å². The molecule has 1 aliphatic rings. The lowest BCUT2D eigenvalue weighted by Crippen LogP contribution is -2.37. The number of rotatable bonds is 6. The van der Waals surface area contributed by atoms with Crippen molar-refractivity contribution in [3.05, 3.63) is 88.9 Å². The summed E-state index contributed by atoms with van der Waals surface area (Å²) >= 11 is 6.10. The van der Waals surface area contributed by atoms with E-state index in [0.717, 1.165) is 11.1 Å². The number of nitrogens with two attached hydrogens (primary N) is 1. The van der Waals surface area contributed by atoms with Crippen molar-refractivity contribution in [2.24, 2.45) is 5.73 Å². The lowest BCUT2D eigenvalue weighted by atomic mass is 10.00. The normalized spacial score (nSPS) is 13.7. The van der Waals surface area contributed by atoms with Gasteiger partial charge >= 0.3 is 0 Å². The van der Waals surface area contributed by atoms with Crippen molar-refractivity contribution < 1.29 is 14.4 Å². The highest BCUT2D eigenvalue weighted by Gasteiger charge is 2.28. The smallest absolute Gasteiger partial charge is 0.258 e. The Hall–Kier alpha value is -4.10. The molecule has 4 N–H and O–H groups in total. The van der Waals surface area contributed by atoms with Gasteiger partial charge in [-0.25, -0.2) is 0 Å². The van der Waals surface area contributed by atoms with Crippen LogP contribution < -0.4 is 21.3 Å². The van der Waals surface area contributed by atoms with E-state index in [0.29, 0.717) is 33.4 Å². The number of benzene rings is 3. The molecule has 3 amide bonds. The van der Waals surface area contributed by atoms with Crippen LogP contribution in [0.15, 0.2) is 72.8 Å². The first-order valence-corrected chi connectivity index (χ1v) is 10.6. The second-order valence-corrected chi connectivity index (χ2v) is 7.94. The number of carbonyl (C=O) groups excluding carboxylic acids is 3. The summed E-state index contributed by atoms with van der Waals surface area (Å²) in [6.45, 7) is 1.16. The molecule has 3 aromatic rings. The van der Waals surface area contributed by atoms with Gasteiger partial charge in [0.1, 0.15) is 6.54 Å². The topological polar surface area (TPSA) is 105 Å². The van der Waals surface area contributed by atoms with E-state index in [1.807, 2.05) is 36.4 Å². The number of halogens is 1. The number of nitrogens with one attached hydrogen (secondary N) is 2. The maximum atomic E-state index is 12.9. The van der Waals surface area contributed by atoms with Crippen molar-refractivity contribution in [3.63, 3.8) is 0 Å². The number of amides is 3. The van der Waals surface area contributed by atoms with Gasteiger partial charge in [0.15, 0.2) is 0 Å². The quantitative estimate of drug-likeness (QED) is 0.481. The number of fused-ring (bicyclic) bond motifs is 1. The molecule has 3 aromatic carbocycles. The molecule has 0 aromatic heterocycles. The van der Waals surface area contributed by atoms with E-state index in [2.05, 4.69) is 10.6 Å². The zero-order chi connectivity index (χ0) is 23.5. The molecule has 4 rings (SSSR count). The molecule has 1 aliphatic heterocycles. The first-order chi connectivity index (χ1) is 15.8. The Bertz CT molecular complexity index is 1270. The van der Waals surface area contributed by atoms with Crippen molar-refractivity contribution >= 4 is 57.7 Å². The average molecular weight is 461 g/mol. The van der Waals surface area contributed by atoms with Crippen LogP contribution in [0.4, 0.5) is 17.1 Å². The second-order valence-electron chi connectivity index (χ2n) is 7.50. The number of carbonyl (C=O) groups is 3. The van der Waals surface area contributed by atoms with Gasteiger partial charge in [-0.3, -0.25) is 14.4 Å². The monoisotopic (exact) mass is 460 g/mol. The third-order valence-corrected chi connectivity index (χ3v) is 5.42. The lowest BCUT2D eigenvalue weighted by Gasteiger charge is -2.20. The Morgan fingerprint density at radius 2 is 1.73 bits per heavy atom. The molecule has 0 saturated carbocycles. The van der Waals surface area contributed by atoms with Gasteiger partial charge in [-0.1, -0.05) is 48.0 Å². The van der Waals surface area contributed by atoms with Crippen LogP contribution in [0.1, 0.15) is 18.1 Å². The standard InChI is InChI=1S/C25H21ClN4O3/c1-15(31)30(14-22(27)32)19-10-8-18(9-11-19)28-24(16-5-3-2-4-6-16)23-20-12-7-17(26)13-21(20)29-25(23)33/h2-13,28H,14H2,1H3,(H2,27,32)(H,29,33)/b24-23-. The van der Waals surface area contributed by atoms with Crippen LogP contribution in [0.5, 0.6) is 0 Å². The van der Waals surface area contributed by atoms with Crippen LogP contribution in [0.3, 0.4) is 0 Å². The van der Waals surface area contributed by atoms with Gasteiger partial charge in [0.2, 0.25) is 11.8 Å². The molecule has 7 nitrogen and oxygen atoms in total. The van der Waals surface area contributed by atoms with E-state index in [4.69, 9.17) is 17.3 Å². The minimum absolute atomic E-state index is 0.207. The molecule has 0 atom stereocenters. The Kier molecular flexibility index (Phi) is 6.15. The Morgan fingerprint density at radius 1 is 1.03 bits per heavy atom. The first-order valence-electron chi connectivity index (χ1n) is 10.2. The molecule has 0 bridgehead atoms. The molecule has 0 fully saturated rings. The second kappa shape index (κ2) is 9.18. The Morgan fingerprint density at radius 3 is 2.36 bits per heavy atom. The van der Waals surface area contributed by atoms with Crippen molar-refractivity contribution in [1.82, 2.24) is 0 Å². The van der Waals surface area contributed by atoms with Crippen LogP contribution >= 0.6 is 11.6 Å². The number of nitrogens with zero attached hydrogens (tertiary/aromatic N) is 1. The summed E-state index contributed by atoms with van der Waals surface area (Å²) in [4.78, 5) is 37.5. The third kappa shape index (κ3) is 4.73. The largest absolute Gasteiger partial charge is 0.368 e. The predicted molar refractivity (Wildman–Crippen MR) is 131 cm³/mol. The molecule has 166 valence electrons. The molecular formula is C25H21ClN4O3. The maximum Gasteiger partial charge on any atom is 0.258 e. The van der Waals surface area contributed by atoms with E-state index in [9.17, 15) is 14.4 Å². The van der Waals surface area contributed by atoms with Gasteiger partial charge in [-0.05, 0) is 42.0 Å². The fourth-order valence-corrected chi connectivity index (χ4v) is 3.86. The van der Waals surface area contributed by atoms with E-state index in [1.54, 1.807) is 36.4 Å². The Balaban J connectivity index is 1.75. The molecule has 0 saturated heterocycles. The van der Waals surface area contributed by atoms with E-state index >= 15 is 0 Å². The van der Waals surface area contributed by atoms with Gasteiger partial charge in [0.25, 0.3) is 5.91 Å². The fraction of sp³-hybridized carbons (Fsp3) is 0.0800. The SMILES string of the molecule is CC(=O)N(CC(N)=O)c1ccc(N/C(=C2\C(=O)Nc3cc(Cl)ccc32)c2ccccc2)cc1. The molecule has 0 unspecified atom stereocenters. The predicted octanol–water partition coefficient (Wildman–Crippen LogP) is 4.11. The van der Waals surface area contributed by atoms with Crippen molar-refractivity contribution in [1.29, 1.82) is 0 Å². The van der Waals surface area contributed by atoms with Crippen LogP contribution in [0.2, 0.25) is 5.02 Å². The van der Waals surface area contributed by atoms with Crippen molar-refractivity contribution in [3.8, 4) is 0 Å². The average Bonchev–Trinajstić information content (AvgIpc) is 3.11. The van der Waals surface area contributed by atoms with Gasteiger partial charge in [0.05, 0.1) is 17.0 Å². The third-order valence-electron chi connectivity index (χ3n) is 5.18. The molecule has 0 aliphatic carbocycles. The summed E-state index contributed by atoms with van der Waals surface area (Å²) in [5.74, 6) is -1.13. The van der Waals surface area contributed by atoms with E-state index < -0.39 is 5.91 Å². The van der Waals surface area contributed by atoms with E-state index in [1.165, 1.54) is 11.8 Å². The molecule has 33 heavy (non-hydrogen) atoms. The van der Waals surface area contributed by atoms with Gasteiger partial charge in [-0.2, -0.15) is 0 Å². The molecule has 8 heteroatoms. The molecule has 0 spiro atoms. The van der Waals surface area contributed by atoms with Gasteiger partial charge in [0, 0.05) is 28.9 Å². The van der Waals surface area contributed by atoms with Crippen LogP contribution in [0.25, 0.3) is 11.3 Å². The summed E-state index contributed by atoms with van der Waals surface area (Å²) in [7, 11) is 0. The van der Waals surface area contributed by atoms with Crippen LogP contribution in [0, 0.1) is 0 Å². The first kappa shape index (κ1) is 22.1. The highest BCUT2D eigenvalue weighted by atomic mass is 35.5. The zero-order valence-corrected chi connectivity index (χ0v) is 18.5. The fourth-order valence-electron chi connectivity index (χ4n) is 3.69. The molecular weight excluding hydrogens is 440 g/mol. The molecule has 1 heterocycles. The van der Waals surface area contributed by atoms with Crippen molar-refractivity contribution in [2.45, 2.75) is 6.92 Å². The Labute approximate surface area is 195 Å². The maximum absolute atomic E-state index is 12.9. The zero-order valence-electron chi connectivity index (χ0n) is 17.8. The summed E-state index contributed by atoms with van der Waals surface area (Å²) in [5.41, 5.74) is 9.85. The lowest BCUT2D eigenvalue weighted by molar-refractivity contribution is -0.121. The van der Waals surface area contributed by atoms with Crippen LogP contribution in [-0.2, 0) is 14.4 Å². The van der Waals surface area contributed by atoms with Crippen LogP contribution in [-0.4, -0.2) is 24.3 Å². The highest BCUT2D eigenvalue weighted by Crippen LogP contribution is 2.38. The number of primary amides is 1. The van der Waals surface area contributed by atoms with Crippen molar-refractivity contribution in [2.75, 3.05) is 22.1 Å². The summed E-state index contributed by atoms with van der Waals surface area (Å²) < 4.78 is 0. The molecule has 0 radical (unpaired) electrons.